The molecule has 3 rings (SSSR count). The minimum absolute atomic E-state index is 0.0342. The second-order valence-corrected chi connectivity index (χ2v) is 10.1. The Morgan fingerprint density at radius 2 is 1.73 bits per heavy atom. The predicted molar refractivity (Wildman–Crippen MR) is 150 cm³/mol. The number of ether oxygens (including phenoxy) is 1. The Balaban J connectivity index is 1.96. The van der Waals surface area contributed by atoms with Gasteiger partial charge in [0.05, 0.1) is 0 Å². The summed E-state index contributed by atoms with van der Waals surface area (Å²) in [7, 11) is 0. The maximum absolute atomic E-state index is 13.7. The number of nitrogens with one attached hydrogen (secondary N) is 1. The number of halogens is 2. The molecule has 0 bridgehead atoms. The largest absolute Gasteiger partial charge is 0.483 e. The highest BCUT2D eigenvalue weighted by molar-refractivity contribution is 6.35. The minimum Gasteiger partial charge on any atom is -0.483 e. The van der Waals surface area contributed by atoms with Crippen LogP contribution >= 0.6 is 23.2 Å². The molecule has 0 unspecified atom stereocenters. The molecule has 3 aromatic rings. The molecule has 37 heavy (non-hydrogen) atoms. The first-order chi connectivity index (χ1) is 17.7. The van der Waals surface area contributed by atoms with E-state index in [4.69, 9.17) is 27.9 Å². The number of rotatable bonds is 11. The van der Waals surface area contributed by atoms with Gasteiger partial charge in [0.1, 0.15) is 11.8 Å². The Morgan fingerprint density at radius 3 is 2.41 bits per heavy atom. The van der Waals surface area contributed by atoms with E-state index in [0.717, 1.165) is 23.1 Å². The van der Waals surface area contributed by atoms with Crippen LogP contribution in [0.4, 0.5) is 0 Å². The Bertz CT molecular complexity index is 1220. The average molecular weight is 542 g/mol. The van der Waals surface area contributed by atoms with Crippen molar-refractivity contribution in [3.8, 4) is 5.75 Å². The molecule has 0 saturated heterocycles. The zero-order valence-corrected chi connectivity index (χ0v) is 23.3. The van der Waals surface area contributed by atoms with Crippen LogP contribution in [0.25, 0.3) is 0 Å². The van der Waals surface area contributed by atoms with Gasteiger partial charge in [0.25, 0.3) is 5.91 Å². The van der Waals surface area contributed by atoms with E-state index in [9.17, 15) is 9.59 Å². The standard InChI is InChI=1S/C30H34Cl2N2O3/c1-5-21(3)33-30(36)27(16-23-11-7-6-8-12-23)34(18-24-14-15-25(31)17-26(24)32)29(35)19-37-28-13-9-10-20(2)22(28)4/h6-15,17,21,27H,5,16,18-19H2,1-4H3,(H,33,36)/t21-,27+/m0/s1. The van der Waals surface area contributed by atoms with Gasteiger partial charge in [-0.25, -0.2) is 0 Å². The Hall–Kier alpha value is -3.02. The van der Waals surface area contributed by atoms with Crippen LogP contribution in [0.5, 0.6) is 5.75 Å². The summed E-state index contributed by atoms with van der Waals surface area (Å²) in [5, 5.41) is 3.99. The molecule has 7 heteroatoms. The van der Waals surface area contributed by atoms with Crippen molar-refractivity contribution in [1.82, 2.24) is 10.2 Å². The second kappa shape index (κ2) is 13.5. The molecule has 2 atom stereocenters. The van der Waals surface area contributed by atoms with E-state index in [-0.39, 0.29) is 31.0 Å². The van der Waals surface area contributed by atoms with E-state index in [2.05, 4.69) is 5.32 Å². The van der Waals surface area contributed by atoms with Crippen LogP contribution in [-0.2, 0) is 22.6 Å². The number of nitrogens with zero attached hydrogens (tertiary/aromatic N) is 1. The van der Waals surface area contributed by atoms with Crippen molar-refractivity contribution in [2.24, 2.45) is 0 Å². The van der Waals surface area contributed by atoms with Gasteiger partial charge in [-0.2, -0.15) is 0 Å². The van der Waals surface area contributed by atoms with Crippen LogP contribution in [0.2, 0.25) is 10.0 Å². The second-order valence-electron chi connectivity index (χ2n) is 9.27. The normalized spacial score (nSPS) is 12.5. The number of hydrogen-bond donors (Lipinski definition) is 1. The lowest BCUT2D eigenvalue weighted by Gasteiger charge is -2.32. The van der Waals surface area contributed by atoms with Crippen molar-refractivity contribution >= 4 is 35.0 Å². The Labute approximate surface area is 229 Å². The van der Waals surface area contributed by atoms with Gasteiger partial charge >= 0.3 is 0 Å². The van der Waals surface area contributed by atoms with Gasteiger partial charge in [-0.05, 0) is 67.6 Å². The smallest absolute Gasteiger partial charge is 0.261 e. The van der Waals surface area contributed by atoms with Crippen LogP contribution in [0.15, 0.2) is 66.7 Å². The topological polar surface area (TPSA) is 58.6 Å². The summed E-state index contributed by atoms with van der Waals surface area (Å²) in [6.07, 6.45) is 1.13. The molecule has 0 aliphatic heterocycles. The molecule has 0 fully saturated rings. The van der Waals surface area contributed by atoms with Crippen LogP contribution < -0.4 is 10.1 Å². The number of hydrogen-bond acceptors (Lipinski definition) is 3. The summed E-state index contributed by atoms with van der Waals surface area (Å²) in [5.41, 5.74) is 3.69. The molecule has 2 amide bonds. The van der Waals surface area contributed by atoms with Crippen molar-refractivity contribution in [1.29, 1.82) is 0 Å². The van der Waals surface area contributed by atoms with Crippen LogP contribution in [0.3, 0.4) is 0 Å². The number of carbonyl (C=O) groups excluding carboxylic acids is 2. The Kier molecular flexibility index (Phi) is 10.4. The van der Waals surface area contributed by atoms with Gasteiger partial charge < -0.3 is 15.0 Å². The van der Waals surface area contributed by atoms with Gasteiger partial charge in [0, 0.05) is 29.1 Å². The quantitative estimate of drug-likeness (QED) is 0.300. The molecule has 0 spiro atoms. The molecular formula is C30H34Cl2N2O3. The first-order valence-electron chi connectivity index (χ1n) is 12.5. The van der Waals surface area contributed by atoms with Gasteiger partial charge in [0.2, 0.25) is 5.91 Å². The van der Waals surface area contributed by atoms with E-state index in [0.29, 0.717) is 27.8 Å². The first kappa shape index (κ1) is 28.5. The molecular weight excluding hydrogens is 507 g/mol. The van der Waals surface area contributed by atoms with E-state index in [1.165, 1.54) is 0 Å². The zero-order valence-electron chi connectivity index (χ0n) is 21.8. The number of aryl methyl sites for hydroxylation is 1. The number of carbonyl (C=O) groups is 2. The van der Waals surface area contributed by atoms with Gasteiger partial charge in [-0.1, -0.05) is 78.7 Å². The molecule has 0 aliphatic rings. The monoisotopic (exact) mass is 540 g/mol. The van der Waals surface area contributed by atoms with Crippen molar-refractivity contribution in [2.45, 2.75) is 59.2 Å². The molecule has 1 N–H and O–H groups in total. The maximum Gasteiger partial charge on any atom is 0.261 e. The summed E-state index contributed by atoms with van der Waals surface area (Å²) in [4.78, 5) is 28.9. The lowest BCUT2D eigenvalue weighted by atomic mass is 10.0. The Morgan fingerprint density at radius 1 is 1.00 bits per heavy atom. The lowest BCUT2D eigenvalue weighted by Crippen LogP contribution is -2.53. The number of benzene rings is 3. The van der Waals surface area contributed by atoms with Crippen LogP contribution in [-0.4, -0.2) is 35.4 Å². The lowest BCUT2D eigenvalue weighted by molar-refractivity contribution is -0.143. The maximum atomic E-state index is 13.7. The summed E-state index contributed by atoms with van der Waals surface area (Å²) in [6.45, 7) is 7.83. The third kappa shape index (κ3) is 7.98. The van der Waals surface area contributed by atoms with Crippen molar-refractivity contribution < 1.29 is 14.3 Å². The molecule has 5 nitrogen and oxygen atoms in total. The summed E-state index contributed by atoms with van der Waals surface area (Å²) < 4.78 is 5.95. The molecule has 196 valence electrons. The van der Waals surface area contributed by atoms with Crippen molar-refractivity contribution in [3.05, 3.63) is 99.0 Å². The zero-order chi connectivity index (χ0) is 26.9. The number of amides is 2. The summed E-state index contributed by atoms with van der Waals surface area (Å²) >= 11 is 12.6. The molecule has 0 radical (unpaired) electrons. The highest BCUT2D eigenvalue weighted by Crippen LogP contribution is 2.25. The SMILES string of the molecule is CC[C@H](C)NC(=O)[C@@H](Cc1ccccc1)N(Cc1ccc(Cl)cc1Cl)C(=O)COc1cccc(C)c1C. The fraction of sp³-hybridized carbons (Fsp3) is 0.333. The van der Waals surface area contributed by atoms with E-state index < -0.39 is 6.04 Å². The third-order valence-corrected chi connectivity index (χ3v) is 7.12. The average Bonchev–Trinajstić information content (AvgIpc) is 2.88. The van der Waals surface area contributed by atoms with Gasteiger partial charge in [-0.3, -0.25) is 9.59 Å². The van der Waals surface area contributed by atoms with Gasteiger partial charge in [0.15, 0.2) is 6.61 Å². The van der Waals surface area contributed by atoms with Gasteiger partial charge in [-0.15, -0.1) is 0 Å². The van der Waals surface area contributed by atoms with E-state index >= 15 is 0 Å². The predicted octanol–water partition coefficient (Wildman–Crippen LogP) is 6.54. The van der Waals surface area contributed by atoms with E-state index in [1.54, 1.807) is 23.1 Å². The molecule has 0 aromatic heterocycles. The fourth-order valence-electron chi connectivity index (χ4n) is 3.93. The highest BCUT2D eigenvalue weighted by Gasteiger charge is 2.31. The fourth-order valence-corrected chi connectivity index (χ4v) is 4.40. The molecule has 3 aromatic carbocycles. The minimum atomic E-state index is -0.766. The van der Waals surface area contributed by atoms with Crippen LogP contribution in [0.1, 0.15) is 42.5 Å². The van der Waals surface area contributed by atoms with Crippen molar-refractivity contribution in [2.75, 3.05) is 6.61 Å². The van der Waals surface area contributed by atoms with E-state index in [1.807, 2.05) is 76.2 Å². The summed E-state index contributed by atoms with van der Waals surface area (Å²) in [6, 6.07) is 19.7. The first-order valence-corrected chi connectivity index (χ1v) is 13.2. The molecule has 0 heterocycles. The third-order valence-electron chi connectivity index (χ3n) is 6.53. The highest BCUT2D eigenvalue weighted by atomic mass is 35.5. The summed E-state index contributed by atoms with van der Waals surface area (Å²) in [5.74, 6) is 0.108. The van der Waals surface area contributed by atoms with Crippen LogP contribution in [0, 0.1) is 13.8 Å². The van der Waals surface area contributed by atoms with Crippen molar-refractivity contribution in [3.63, 3.8) is 0 Å². The molecule has 0 saturated carbocycles. The molecule has 0 aliphatic carbocycles.